The number of hydrogen-bond acceptors (Lipinski definition) is 7. The van der Waals surface area contributed by atoms with E-state index in [9.17, 15) is 14.7 Å². The van der Waals surface area contributed by atoms with Gasteiger partial charge in [0.2, 0.25) is 0 Å². The van der Waals surface area contributed by atoms with Gasteiger partial charge in [-0.15, -0.1) is 0 Å². The minimum Gasteiger partial charge on any atom is -0.503 e. The number of rotatable bonds is 10. The van der Waals surface area contributed by atoms with E-state index < -0.39 is 29.8 Å². The van der Waals surface area contributed by atoms with Crippen molar-refractivity contribution in [2.75, 3.05) is 26.1 Å². The van der Waals surface area contributed by atoms with E-state index in [1.54, 1.807) is 13.8 Å². The molecule has 0 spiro atoms. The molecule has 0 unspecified atom stereocenters. The van der Waals surface area contributed by atoms with Crippen molar-refractivity contribution in [2.24, 2.45) is 4.99 Å². The van der Waals surface area contributed by atoms with Crippen molar-refractivity contribution in [2.45, 2.75) is 45.8 Å². The number of aliphatic hydroxyl groups is 1. The van der Waals surface area contributed by atoms with Crippen LogP contribution in [0.15, 0.2) is 52.5 Å². The Balaban J connectivity index is 2.81. The van der Waals surface area contributed by atoms with Gasteiger partial charge in [-0.2, -0.15) is 0 Å². The lowest BCUT2D eigenvalue weighted by atomic mass is 9.96. The smallest absolute Gasteiger partial charge is 0.328 e. The van der Waals surface area contributed by atoms with Crippen molar-refractivity contribution in [3.05, 3.63) is 53.1 Å². The Hall–Kier alpha value is -3.29. The molecule has 0 aromatic heterocycles. The number of esters is 1. The van der Waals surface area contributed by atoms with Crippen molar-refractivity contribution in [1.82, 2.24) is 5.32 Å². The molecule has 0 saturated carbocycles. The molecule has 0 bridgehead atoms. The molecule has 1 rings (SSSR count). The van der Waals surface area contributed by atoms with E-state index in [1.165, 1.54) is 20.1 Å². The lowest BCUT2D eigenvalue weighted by molar-refractivity contribution is -0.152. The van der Waals surface area contributed by atoms with Crippen LogP contribution in [0.2, 0.25) is 0 Å². The number of amides is 1. The highest BCUT2D eigenvalue weighted by molar-refractivity contribution is 5.97. The number of hydrogen-bond donors (Lipinski definition) is 2. The van der Waals surface area contributed by atoms with E-state index >= 15 is 0 Å². The zero-order valence-corrected chi connectivity index (χ0v) is 19.3. The number of aliphatic hydroxyl groups excluding tert-OH is 1. The quantitative estimate of drug-likeness (QED) is 0.194. The molecule has 31 heavy (non-hydrogen) atoms. The van der Waals surface area contributed by atoms with Crippen LogP contribution in [0.25, 0.3) is 0 Å². The van der Waals surface area contributed by atoms with Crippen LogP contribution in [-0.2, 0) is 19.1 Å². The van der Waals surface area contributed by atoms with Crippen LogP contribution in [-0.4, -0.2) is 57.1 Å². The molecule has 1 aromatic rings. The fourth-order valence-electron chi connectivity index (χ4n) is 2.78. The maximum absolute atomic E-state index is 12.5. The molecule has 0 saturated heterocycles. The second kappa shape index (κ2) is 11.8. The van der Waals surface area contributed by atoms with Crippen LogP contribution in [0.3, 0.4) is 0 Å². The van der Waals surface area contributed by atoms with Gasteiger partial charge in [-0.3, -0.25) is 9.79 Å². The van der Waals surface area contributed by atoms with E-state index in [2.05, 4.69) is 17.0 Å². The summed E-state index contributed by atoms with van der Waals surface area (Å²) in [4.78, 5) is 30.5. The molecular weight excluding hydrogens is 398 g/mol. The first-order valence-electron chi connectivity index (χ1n) is 9.96. The molecule has 0 aliphatic heterocycles. The fraction of sp³-hybridized carbons (Fsp3) is 0.435. The number of methoxy groups -OCH3 is 1. The molecule has 170 valence electrons. The van der Waals surface area contributed by atoms with Crippen molar-refractivity contribution in [1.29, 1.82) is 0 Å². The summed E-state index contributed by atoms with van der Waals surface area (Å²) in [5.41, 5.74) is 1.76. The second-order valence-electron chi connectivity index (χ2n) is 7.32. The molecule has 2 N–H and O–H groups in total. The lowest BCUT2D eigenvalue weighted by Crippen LogP contribution is -2.41. The number of nitrogens with one attached hydrogen (secondary N) is 1. The predicted octanol–water partition coefficient (Wildman–Crippen LogP) is 3.31. The van der Waals surface area contributed by atoms with E-state index in [0.29, 0.717) is 0 Å². The van der Waals surface area contributed by atoms with Crippen molar-refractivity contribution < 1.29 is 24.2 Å². The summed E-state index contributed by atoms with van der Waals surface area (Å²) >= 11 is 0. The molecule has 0 heterocycles. The van der Waals surface area contributed by atoms with Gasteiger partial charge in [-0.25, -0.2) is 4.79 Å². The zero-order valence-electron chi connectivity index (χ0n) is 19.3. The molecule has 0 radical (unpaired) electrons. The fourth-order valence-corrected chi connectivity index (χ4v) is 2.78. The highest BCUT2D eigenvalue weighted by atomic mass is 16.5. The maximum atomic E-state index is 12.5. The van der Waals surface area contributed by atoms with Gasteiger partial charge in [0.25, 0.3) is 5.91 Å². The molecule has 3 atom stereocenters. The number of aliphatic imine (C=N–C) groups is 1. The Kier molecular flexibility index (Phi) is 9.79. The van der Waals surface area contributed by atoms with Crippen molar-refractivity contribution in [3.8, 4) is 0 Å². The summed E-state index contributed by atoms with van der Waals surface area (Å²) in [7, 11) is 5.28. The predicted molar refractivity (Wildman–Crippen MR) is 122 cm³/mol. The Morgan fingerprint density at radius 3 is 2.23 bits per heavy atom. The summed E-state index contributed by atoms with van der Waals surface area (Å²) in [6, 6.07) is 7.05. The van der Waals surface area contributed by atoms with Crippen molar-refractivity contribution in [3.63, 3.8) is 0 Å². The van der Waals surface area contributed by atoms with E-state index in [1.807, 2.05) is 50.2 Å². The van der Waals surface area contributed by atoms with E-state index in [-0.39, 0.29) is 17.4 Å². The summed E-state index contributed by atoms with van der Waals surface area (Å²) in [5.74, 6) is -1.82. The number of ether oxygens (including phenoxy) is 2. The largest absolute Gasteiger partial charge is 0.503 e. The number of carbonyl (C=O) groups is 2. The lowest BCUT2D eigenvalue weighted by Gasteiger charge is -2.23. The number of benzene rings is 1. The van der Waals surface area contributed by atoms with Gasteiger partial charge in [-0.05, 0) is 51.3 Å². The second-order valence-corrected chi connectivity index (χ2v) is 7.32. The van der Waals surface area contributed by atoms with Crippen LogP contribution >= 0.6 is 0 Å². The molecule has 1 amide bonds. The summed E-state index contributed by atoms with van der Waals surface area (Å²) < 4.78 is 10.5. The first-order chi connectivity index (χ1) is 14.6. The third-order valence-electron chi connectivity index (χ3n) is 4.96. The SMILES string of the molecule is C=N/C(C(=O)N[C@@H](C)C(=O)O[C@@H](C)[C@@H](C)c1ccc(N(C)C)cc1)=C(O)\C(=C/C)OC. The first kappa shape index (κ1) is 25.7. The molecular formula is C23H33N3O5. The topological polar surface area (TPSA) is 100 Å². The molecule has 8 nitrogen and oxygen atoms in total. The average molecular weight is 432 g/mol. The molecule has 0 aliphatic rings. The number of nitrogens with zero attached hydrogens (tertiary/aromatic N) is 2. The summed E-state index contributed by atoms with van der Waals surface area (Å²) in [5, 5.41) is 12.6. The van der Waals surface area contributed by atoms with Crippen LogP contribution in [0.1, 0.15) is 39.2 Å². The Bertz CT molecular complexity index is 843. The van der Waals surface area contributed by atoms with Gasteiger partial charge >= 0.3 is 5.97 Å². The van der Waals surface area contributed by atoms with Crippen LogP contribution < -0.4 is 10.2 Å². The third-order valence-corrected chi connectivity index (χ3v) is 4.96. The summed E-state index contributed by atoms with van der Waals surface area (Å²) in [6.07, 6.45) is 1.06. The van der Waals surface area contributed by atoms with Crippen molar-refractivity contribution >= 4 is 24.3 Å². The van der Waals surface area contributed by atoms with E-state index in [0.717, 1.165) is 11.3 Å². The number of allylic oxidation sites excluding steroid dienone is 1. The van der Waals surface area contributed by atoms with Crippen LogP contribution in [0, 0.1) is 0 Å². The normalized spacial score (nSPS) is 15.1. The van der Waals surface area contributed by atoms with Gasteiger partial charge in [-0.1, -0.05) is 19.1 Å². The molecule has 1 aromatic carbocycles. The molecule has 8 heteroatoms. The van der Waals surface area contributed by atoms with Crippen LogP contribution in [0.5, 0.6) is 0 Å². The average Bonchev–Trinajstić information content (AvgIpc) is 2.74. The standard InChI is InChI=1S/C23H33N3O5/c1-9-19(30-8)21(27)20(24-5)22(28)25-15(3)23(29)31-16(4)14(2)17-10-12-18(13-11-17)26(6)7/h9-16,27H,5H2,1-4,6-8H3,(H,25,28)/b19-9+,21-20+/t14-,15+,16+/m1/s1. The number of anilines is 1. The molecule has 0 aliphatic carbocycles. The third kappa shape index (κ3) is 6.87. The minimum atomic E-state index is -0.959. The number of carbonyl (C=O) groups excluding carboxylic acids is 2. The van der Waals surface area contributed by atoms with Crippen LogP contribution in [0.4, 0.5) is 5.69 Å². The van der Waals surface area contributed by atoms with Gasteiger partial charge < -0.3 is 24.8 Å². The maximum Gasteiger partial charge on any atom is 0.328 e. The van der Waals surface area contributed by atoms with Gasteiger partial charge in [0, 0.05) is 25.7 Å². The Morgan fingerprint density at radius 1 is 1.19 bits per heavy atom. The monoisotopic (exact) mass is 431 g/mol. The van der Waals surface area contributed by atoms with Gasteiger partial charge in [0.05, 0.1) is 7.11 Å². The van der Waals surface area contributed by atoms with Gasteiger partial charge in [0.1, 0.15) is 12.1 Å². The minimum absolute atomic E-state index is 0.0450. The zero-order chi connectivity index (χ0) is 23.7. The van der Waals surface area contributed by atoms with E-state index in [4.69, 9.17) is 9.47 Å². The highest BCUT2D eigenvalue weighted by Crippen LogP contribution is 2.24. The first-order valence-corrected chi connectivity index (χ1v) is 9.96. The van der Waals surface area contributed by atoms with Gasteiger partial charge in [0.15, 0.2) is 17.2 Å². The Labute approximate surface area is 184 Å². The summed E-state index contributed by atoms with van der Waals surface area (Å²) in [6.45, 7) is 10.2. The molecule has 0 fully saturated rings. The highest BCUT2D eigenvalue weighted by Gasteiger charge is 2.26. The Morgan fingerprint density at radius 2 is 1.77 bits per heavy atom.